The van der Waals surface area contributed by atoms with Gasteiger partial charge in [0.2, 0.25) is 10.0 Å². The average molecular weight is 336 g/mol. The number of benzene rings is 2. The Morgan fingerprint density at radius 3 is 2.57 bits per heavy atom. The van der Waals surface area contributed by atoms with E-state index in [0.717, 1.165) is 0 Å². The van der Waals surface area contributed by atoms with Gasteiger partial charge in [-0.1, -0.05) is 13.0 Å². The number of aryl methyl sites for hydroxylation is 1. The quantitative estimate of drug-likeness (QED) is 0.881. The molecule has 23 heavy (non-hydrogen) atoms. The van der Waals surface area contributed by atoms with Crippen molar-refractivity contribution < 1.29 is 17.6 Å². The van der Waals surface area contributed by atoms with Crippen molar-refractivity contribution in [2.24, 2.45) is 0 Å². The van der Waals surface area contributed by atoms with E-state index in [1.54, 1.807) is 13.8 Å². The fraction of sp³-hybridized carbons (Fsp3) is 0.188. The smallest absolute Gasteiger partial charge is 0.255 e. The number of halogens is 1. The van der Waals surface area contributed by atoms with Gasteiger partial charge in [-0.15, -0.1) is 0 Å². The zero-order valence-corrected chi connectivity index (χ0v) is 13.6. The van der Waals surface area contributed by atoms with Gasteiger partial charge in [0.1, 0.15) is 5.82 Å². The molecule has 0 spiro atoms. The van der Waals surface area contributed by atoms with Gasteiger partial charge in [-0.2, -0.15) is 0 Å². The van der Waals surface area contributed by atoms with Crippen molar-refractivity contribution in [1.29, 1.82) is 0 Å². The zero-order valence-electron chi connectivity index (χ0n) is 12.8. The largest absolute Gasteiger partial charge is 0.322 e. The molecule has 0 saturated carbocycles. The Bertz CT molecular complexity index is 835. The number of carbonyl (C=O) groups excluding carboxylic acids is 1. The first kappa shape index (κ1) is 17.1. The van der Waals surface area contributed by atoms with E-state index in [0.29, 0.717) is 11.3 Å². The fourth-order valence-electron chi connectivity index (χ4n) is 2.04. The molecule has 0 fully saturated rings. The fourth-order valence-corrected chi connectivity index (χ4v) is 3.13. The average Bonchev–Trinajstić information content (AvgIpc) is 2.50. The number of hydrogen-bond donors (Lipinski definition) is 2. The van der Waals surface area contributed by atoms with Crippen LogP contribution in [0.5, 0.6) is 0 Å². The highest BCUT2D eigenvalue weighted by Gasteiger charge is 2.15. The van der Waals surface area contributed by atoms with Crippen LogP contribution in [0.4, 0.5) is 10.1 Å². The molecule has 0 saturated heterocycles. The van der Waals surface area contributed by atoms with Crippen LogP contribution in [0.2, 0.25) is 0 Å². The van der Waals surface area contributed by atoms with Crippen LogP contribution in [0, 0.1) is 12.7 Å². The van der Waals surface area contributed by atoms with E-state index in [-0.39, 0.29) is 22.8 Å². The third-order valence-corrected chi connectivity index (χ3v) is 4.72. The third-order valence-electron chi connectivity index (χ3n) is 3.18. The molecule has 0 atom stereocenters. The topological polar surface area (TPSA) is 75.3 Å². The first-order valence-corrected chi connectivity index (χ1v) is 8.49. The minimum Gasteiger partial charge on any atom is -0.322 e. The van der Waals surface area contributed by atoms with Crippen molar-refractivity contribution in [3.8, 4) is 0 Å². The van der Waals surface area contributed by atoms with Crippen LogP contribution in [0.15, 0.2) is 47.4 Å². The molecular formula is C16H17FN2O3S. The SMILES string of the molecule is CCNS(=O)(=O)c1cccc(C(=O)Nc2ccc(F)cc2C)c1. The normalized spacial score (nSPS) is 11.3. The van der Waals surface area contributed by atoms with E-state index in [1.807, 2.05) is 0 Å². The van der Waals surface area contributed by atoms with Gasteiger partial charge >= 0.3 is 0 Å². The second-order valence-electron chi connectivity index (χ2n) is 4.94. The van der Waals surface area contributed by atoms with Crippen LogP contribution in [0.3, 0.4) is 0 Å². The molecule has 0 unspecified atom stereocenters. The molecule has 0 aromatic heterocycles. The summed E-state index contributed by atoms with van der Waals surface area (Å²) in [5, 5.41) is 2.64. The maximum absolute atomic E-state index is 13.1. The van der Waals surface area contributed by atoms with Crippen LogP contribution in [0.1, 0.15) is 22.8 Å². The Morgan fingerprint density at radius 1 is 1.17 bits per heavy atom. The van der Waals surface area contributed by atoms with Crippen LogP contribution in [-0.4, -0.2) is 20.9 Å². The van der Waals surface area contributed by atoms with Crippen LogP contribution in [-0.2, 0) is 10.0 Å². The monoisotopic (exact) mass is 336 g/mol. The van der Waals surface area contributed by atoms with Crippen molar-refractivity contribution in [1.82, 2.24) is 4.72 Å². The van der Waals surface area contributed by atoms with E-state index in [2.05, 4.69) is 10.0 Å². The number of amides is 1. The number of sulfonamides is 1. The first-order chi connectivity index (χ1) is 10.8. The lowest BCUT2D eigenvalue weighted by molar-refractivity contribution is 0.102. The summed E-state index contributed by atoms with van der Waals surface area (Å²) in [6, 6.07) is 9.73. The summed E-state index contributed by atoms with van der Waals surface area (Å²) in [5.74, 6) is -0.854. The lowest BCUT2D eigenvalue weighted by Gasteiger charge is -2.10. The van der Waals surface area contributed by atoms with Gasteiger partial charge in [-0.25, -0.2) is 17.5 Å². The van der Waals surface area contributed by atoms with Gasteiger partial charge in [-0.05, 0) is 48.9 Å². The predicted octanol–water partition coefficient (Wildman–Crippen LogP) is 2.68. The highest BCUT2D eigenvalue weighted by molar-refractivity contribution is 7.89. The Hall–Kier alpha value is -2.25. The summed E-state index contributed by atoms with van der Waals surface area (Å²) in [6.07, 6.45) is 0. The predicted molar refractivity (Wildman–Crippen MR) is 86.4 cm³/mol. The van der Waals surface area contributed by atoms with Crippen LogP contribution >= 0.6 is 0 Å². The minimum absolute atomic E-state index is 0.0165. The molecule has 5 nitrogen and oxygen atoms in total. The summed E-state index contributed by atoms with van der Waals surface area (Å²) in [7, 11) is -3.63. The van der Waals surface area contributed by atoms with Crippen molar-refractivity contribution in [2.75, 3.05) is 11.9 Å². The first-order valence-electron chi connectivity index (χ1n) is 7.00. The minimum atomic E-state index is -3.63. The second kappa shape index (κ2) is 6.89. The summed E-state index contributed by atoms with van der Waals surface area (Å²) in [5.41, 5.74) is 1.25. The molecule has 0 aliphatic rings. The lowest BCUT2D eigenvalue weighted by Crippen LogP contribution is -2.23. The molecule has 7 heteroatoms. The van der Waals surface area contributed by atoms with Crippen molar-refractivity contribution in [3.63, 3.8) is 0 Å². The van der Waals surface area contributed by atoms with E-state index < -0.39 is 15.9 Å². The third kappa shape index (κ3) is 4.14. The van der Waals surface area contributed by atoms with Crippen molar-refractivity contribution in [3.05, 3.63) is 59.4 Å². The molecule has 0 radical (unpaired) electrons. The molecular weight excluding hydrogens is 319 g/mol. The van der Waals surface area contributed by atoms with Gasteiger partial charge in [0.05, 0.1) is 4.90 Å². The Balaban J connectivity index is 2.27. The molecule has 122 valence electrons. The molecule has 0 bridgehead atoms. The Labute approximate surface area is 134 Å². The van der Waals surface area contributed by atoms with E-state index in [9.17, 15) is 17.6 Å². The van der Waals surface area contributed by atoms with Gasteiger partial charge in [0.15, 0.2) is 0 Å². The highest BCUT2D eigenvalue weighted by Crippen LogP contribution is 2.18. The molecule has 0 heterocycles. The summed E-state index contributed by atoms with van der Waals surface area (Å²) >= 11 is 0. The maximum Gasteiger partial charge on any atom is 0.255 e. The molecule has 2 aromatic carbocycles. The molecule has 0 aliphatic heterocycles. The van der Waals surface area contributed by atoms with Crippen LogP contribution in [0.25, 0.3) is 0 Å². The van der Waals surface area contributed by atoms with E-state index in [4.69, 9.17) is 0 Å². The molecule has 2 N–H and O–H groups in total. The molecule has 2 aromatic rings. The Kier molecular flexibility index (Phi) is 5.12. The summed E-state index contributed by atoms with van der Waals surface area (Å²) < 4.78 is 39.4. The van der Waals surface area contributed by atoms with Gasteiger partial charge in [0, 0.05) is 17.8 Å². The summed E-state index contributed by atoms with van der Waals surface area (Å²) in [6.45, 7) is 3.60. The van der Waals surface area contributed by atoms with E-state index in [1.165, 1.54) is 42.5 Å². The molecule has 2 rings (SSSR count). The van der Waals surface area contributed by atoms with Gasteiger partial charge in [0.25, 0.3) is 5.91 Å². The van der Waals surface area contributed by atoms with E-state index >= 15 is 0 Å². The number of anilines is 1. The number of nitrogens with one attached hydrogen (secondary N) is 2. The number of hydrogen-bond acceptors (Lipinski definition) is 3. The Morgan fingerprint density at radius 2 is 1.91 bits per heavy atom. The van der Waals surface area contributed by atoms with Crippen molar-refractivity contribution >= 4 is 21.6 Å². The molecule has 1 amide bonds. The van der Waals surface area contributed by atoms with Crippen molar-refractivity contribution in [2.45, 2.75) is 18.7 Å². The number of rotatable bonds is 5. The van der Waals surface area contributed by atoms with Crippen LogP contribution < -0.4 is 10.0 Å². The maximum atomic E-state index is 13.1. The standard InChI is InChI=1S/C16H17FN2O3S/c1-3-18-23(21,22)14-6-4-5-12(10-14)16(20)19-15-8-7-13(17)9-11(15)2/h4-10,18H,3H2,1-2H3,(H,19,20). The highest BCUT2D eigenvalue weighted by atomic mass is 32.2. The van der Waals surface area contributed by atoms with Gasteiger partial charge in [-0.3, -0.25) is 4.79 Å². The summed E-state index contributed by atoms with van der Waals surface area (Å²) in [4.78, 5) is 12.3. The zero-order chi connectivity index (χ0) is 17.0. The second-order valence-corrected chi connectivity index (χ2v) is 6.71. The molecule has 0 aliphatic carbocycles. The van der Waals surface area contributed by atoms with Gasteiger partial charge < -0.3 is 5.32 Å². The number of carbonyl (C=O) groups is 1. The lowest BCUT2D eigenvalue weighted by atomic mass is 10.1.